The summed E-state index contributed by atoms with van der Waals surface area (Å²) in [5, 5.41) is 9.56. The van der Waals surface area contributed by atoms with Crippen molar-refractivity contribution in [3.8, 4) is 0 Å². The Kier molecular flexibility index (Phi) is 6.08. The van der Waals surface area contributed by atoms with Crippen LogP contribution in [0.5, 0.6) is 0 Å². The van der Waals surface area contributed by atoms with Gasteiger partial charge in [-0.2, -0.15) is 0 Å². The van der Waals surface area contributed by atoms with Crippen molar-refractivity contribution in [2.75, 3.05) is 16.0 Å². The third-order valence-corrected chi connectivity index (χ3v) is 6.39. The first-order valence-electron chi connectivity index (χ1n) is 12.1. The van der Waals surface area contributed by atoms with Crippen LogP contribution in [0.25, 0.3) is 11.0 Å². The molecule has 1 aromatic heterocycles. The lowest BCUT2D eigenvalue weighted by molar-refractivity contribution is 0.0960. The number of aromatic nitrogens is 2. The number of nitrogens with zero attached hydrogens (tertiary/aromatic N) is 1. The van der Waals surface area contributed by atoms with Crippen LogP contribution in [0.1, 0.15) is 26.3 Å². The number of nitrogens with one attached hydrogen (secondary N) is 4. The molecule has 0 bridgehead atoms. The van der Waals surface area contributed by atoms with E-state index < -0.39 is 23.2 Å². The maximum absolute atomic E-state index is 13.9. The summed E-state index contributed by atoms with van der Waals surface area (Å²) >= 11 is 0. The van der Waals surface area contributed by atoms with E-state index in [0.29, 0.717) is 24.0 Å². The fourth-order valence-corrected chi connectivity index (χ4v) is 4.48. The van der Waals surface area contributed by atoms with E-state index in [1.807, 2.05) is 36.4 Å². The normalized spacial score (nSPS) is 13.4. The Morgan fingerprint density at radius 3 is 2.31 bits per heavy atom. The minimum Gasteiger partial charge on any atom is -0.381 e. The van der Waals surface area contributed by atoms with Gasteiger partial charge in [0.15, 0.2) is 0 Å². The maximum Gasteiger partial charge on any atom is 0.200 e. The van der Waals surface area contributed by atoms with Crippen LogP contribution >= 0.6 is 0 Å². The summed E-state index contributed by atoms with van der Waals surface area (Å²) < 4.78 is 27.9. The largest absolute Gasteiger partial charge is 0.381 e. The number of carbonyl (C=O) groups is 2. The van der Waals surface area contributed by atoms with Crippen LogP contribution in [0, 0.1) is 11.6 Å². The number of aromatic amines is 1. The topological polar surface area (TPSA) is 98.9 Å². The zero-order valence-electron chi connectivity index (χ0n) is 20.4. The molecule has 7 nitrogen and oxygen atoms in total. The number of ketones is 2. The molecule has 6 rings (SSSR count). The number of fused-ring (bicyclic) bond motifs is 2. The van der Waals surface area contributed by atoms with Gasteiger partial charge in [-0.1, -0.05) is 36.4 Å². The molecular weight excluding hydrogens is 500 g/mol. The molecule has 0 radical (unpaired) electrons. The third kappa shape index (κ3) is 4.85. The quantitative estimate of drug-likeness (QED) is 0.0873. The fourth-order valence-electron chi connectivity index (χ4n) is 4.48. The van der Waals surface area contributed by atoms with Crippen molar-refractivity contribution >= 4 is 39.7 Å². The van der Waals surface area contributed by atoms with E-state index >= 15 is 0 Å². The molecule has 5 aromatic rings. The van der Waals surface area contributed by atoms with E-state index in [0.717, 1.165) is 34.4 Å². The summed E-state index contributed by atoms with van der Waals surface area (Å²) in [6.45, 7) is 0.555. The van der Waals surface area contributed by atoms with Crippen molar-refractivity contribution in [2.45, 2.75) is 6.54 Å². The molecule has 0 fully saturated rings. The molecular formula is C30H21F2N5O2. The number of imidazole rings is 1. The van der Waals surface area contributed by atoms with Gasteiger partial charge in [-0.25, -0.2) is 13.8 Å². The Labute approximate surface area is 221 Å². The highest BCUT2D eigenvalue weighted by atomic mass is 19.1. The van der Waals surface area contributed by atoms with Gasteiger partial charge in [0.25, 0.3) is 0 Å². The van der Waals surface area contributed by atoms with E-state index in [9.17, 15) is 18.4 Å². The summed E-state index contributed by atoms with van der Waals surface area (Å²) in [7, 11) is 0. The van der Waals surface area contributed by atoms with Crippen LogP contribution in [-0.4, -0.2) is 21.5 Å². The molecule has 0 amide bonds. The minimum atomic E-state index is -0.910. The Bertz CT molecular complexity index is 1760. The summed E-state index contributed by atoms with van der Waals surface area (Å²) in [4.78, 5) is 34.3. The number of Topliss-reactive ketones (excluding diaryl/α,β-unsaturated/α-hetero) is 2. The van der Waals surface area contributed by atoms with Gasteiger partial charge in [0, 0.05) is 29.4 Å². The smallest absolute Gasteiger partial charge is 0.200 e. The van der Waals surface area contributed by atoms with Gasteiger partial charge >= 0.3 is 0 Å². The maximum atomic E-state index is 13.9. The molecule has 2 heterocycles. The number of allylic oxidation sites excluding steroid dienone is 1. The average Bonchev–Trinajstić information content (AvgIpc) is 3.58. The number of H-pyrrole nitrogens is 1. The van der Waals surface area contributed by atoms with Gasteiger partial charge in [-0.15, -0.1) is 0 Å². The molecule has 192 valence electrons. The fraction of sp³-hybridized carbons (Fsp3) is 0.0333. The lowest BCUT2D eigenvalue weighted by atomic mass is 9.95. The highest BCUT2D eigenvalue weighted by molar-refractivity contribution is 6.32. The van der Waals surface area contributed by atoms with Crippen LogP contribution in [0.2, 0.25) is 0 Å². The molecule has 0 saturated heterocycles. The van der Waals surface area contributed by atoms with Crippen molar-refractivity contribution in [1.82, 2.24) is 9.97 Å². The van der Waals surface area contributed by atoms with Crippen LogP contribution in [-0.2, 0) is 6.54 Å². The molecule has 0 spiro atoms. The second-order valence-electron chi connectivity index (χ2n) is 9.05. The molecule has 4 N–H and O–H groups in total. The Morgan fingerprint density at radius 1 is 0.769 bits per heavy atom. The predicted octanol–water partition coefficient (Wildman–Crippen LogP) is 6.27. The summed E-state index contributed by atoms with van der Waals surface area (Å²) in [6, 6.07) is 22.2. The Balaban J connectivity index is 1.30. The SMILES string of the molecule is O=C(/C(C(=O)c1cc(F)cc(F)c1)=C1\Nc2ccc(NCc3ccc4[nH]cnc4c3)cc2N1)c1ccccc1. The second-order valence-corrected chi connectivity index (χ2v) is 9.05. The Hall–Kier alpha value is -5.31. The van der Waals surface area contributed by atoms with Crippen molar-refractivity contribution in [3.05, 3.63) is 131 Å². The number of rotatable bonds is 7. The van der Waals surface area contributed by atoms with E-state index in [1.165, 1.54) is 0 Å². The molecule has 0 aliphatic carbocycles. The summed E-state index contributed by atoms with van der Waals surface area (Å²) in [6.07, 6.45) is 1.65. The molecule has 9 heteroatoms. The Morgan fingerprint density at radius 2 is 1.51 bits per heavy atom. The first-order valence-corrected chi connectivity index (χ1v) is 12.1. The van der Waals surface area contributed by atoms with Crippen molar-refractivity contribution < 1.29 is 18.4 Å². The summed E-state index contributed by atoms with van der Waals surface area (Å²) in [5.74, 6) is -3.08. The van der Waals surface area contributed by atoms with Crippen molar-refractivity contribution in [3.63, 3.8) is 0 Å². The standard InChI is InChI=1S/C30H21F2N5O2/c31-20-11-19(12-21(32)13-20)29(39)27(28(38)18-4-2-1-3-5-18)30-36-24-9-7-22(14-26(24)37-30)33-15-17-6-8-23-25(10-17)35-16-34-23/h1-14,16,33,36-37H,15H2,(H,34,35)/b30-27-. The van der Waals surface area contributed by atoms with E-state index in [4.69, 9.17) is 0 Å². The van der Waals surface area contributed by atoms with Crippen molar-refractivity contribution in [2.24, 2.45) is 0 Å². The number of halogens is 2. The lowest BCUT2D eigenvalue weighted by Crippen LogP contribution is -2.21. The zero-order chi connectivity index (χ0) is 26.9. The second kappa shape index (κ2) is 9.86. The molecule has 39 heavy (non-hydrogen) atoms. The van der Waals surface area contributed by atoms with Gasteiger partial charge in [-0.05, 0) is 48.0 Å². The number of carbonyl (C=O) groups excluding carboxylic acids is 2. The van der Waals surface area contributed by atoms with Crippen molar-refractivity contribution in [1.29, 1.82) is 0 Å². The van der Waals surface area contributed by atoms with Gasteiger partial charge in [0.05, 0.1) is 28.7 Å². The number of hydrogen-bond donors (Lipinski definition) is 4. The monoisotopic (exact) mass is 521 g/mol. The number of anilines is 3. The van der Waals surface area contributed by atoms with Gasteiger partial charge < -0.3 is 20.9 Å². The first kappa shape index (κ1) is 24.1. The molecule has 0 unspecified atom stereocenters. The van der Waals surface area contributed by atoms with Crippen LogP contribution in [0.4, 0.5) is 25.8 Å². The average molecular weight is 522 g/mol. The number of benzene rings is 4. The van der Waals surface area contributed by atoms with Gasteiger partial charge in [0.2, 0.25) is 11.6 Å². The highest BCUT2D eigenvalue weighted by Gasteiger charge is 2.29. The van der Waals surface area contributed by atoms with Crippen LogP contribution in [0.15, 0.2) is 103 Å². The van der Waals surface area contributed by atoms with Gasteiger partial charge in [0.1, 0.15) is 23.0 Å². The van der Waals surface area contributed by atoms with E-state index in [2.05, 4.69) is 25.9 Å². The predicted molar refractivity (Wildman–Crippen MR) is 146 cm³/mol. The van der Waals surface area contributed by atoms with E-state index in [-0.39, 0.29) is 22.5 Å². The first-order chi connectivity index (χ1) is 18.9. The zero-order valence-corrected chi connectivity index (χ0v) is 20.4. The molecule has 1 aliphatic heterocycles. The van der Waals surface area contributed by atoms with E-state index in [1.54, 1.807) is 36.7 Å². The minimum absolute atomic E-state index is 0.134. The van der Waals surface area contributed by atoms with Crippen LogP contribution < -0.4 is 16.0 Å². The molecule has 1 aliphatic rings. The third-order valence-electron chi connectivity index (χ3n) is 6.39. The highest BCUT2D eigenvalue weighted by Crippen LogP contribution is 2.35. The summed E-state index contributed by atoms with van der Waals surface area (Å²) in [5.41, 5.74) is 4.70. The van der Waals surface area contributed by atoms with Crippen LogP contribution in [0.3, 0.4) is 0 Å². The number of hydrogen-bond acceptors (Lipinski definition) is 6. The molecule has 0 saturated carbocycles. The van der Waals surface area contributed by atoms with Gasteiger partial charge in [-0.3, -0.25) is 9.59 Å². The lowest BCUT2D eigenvalue weighted by Gasteiger charge is -2.11. The molecule has 4 aromatic carbocycles. The molecule has 0 atom stereocenters.